The van der Waals surface area contributed by atoms with Crippen molar-refractivity contribution in [2.24, 2.45) is 0 Å². The zero-order valence-electron chi connectivity index (χ0n) is 19.3. The summed E-state index contributed by atoms with van der Waals surface area (Å²) in [5.74, 6) is 0.725. The molecule has 0 atom stereocenters. The molecule has 1 saturated heterocycles. The molecule has 0 radical (unpaired) electrons. The lowest BCUT2D eigenvalue weighted by molar-refractivity contribution is 0.0528. The summed E-state index contributed by atoms with van der Waals surface area (Å²) in [6, 6.07) is 7.27. The number of rotatable bonds is 6. The summed E-state index contributed by atoms with van der Waals surface area (Å²) < 4.78 is 17.3. The summed E-state index contributed by atoms with van der Waals surface area (Å²) >= 11 is 0. The third-order valence-corrected chi connectivity index (χ3v) is 6.31. The first-order valence-electron chi connectivity index (χ1n) is 11.3. The Morgan fingerprint density at radius 2 is 1.84 bits per heavy atom. The molecule has 1 fully saturated rings. The van der Waals surface area contributed by atoms with E-state index in [1.165, 1.54) is 6.42 Å². The van der Waals surface area contributed by atoms with Crippen LogP contribution in [0.1, 0.15) is 53.2 Å². The molecule has 0 amide bonds. The van der Waals surface area contributed by atoms with Crippen molar-refractivity contribution < 1.29 is 23.8 Å². The van der Waals surface area contributed by atoms with E-state index in [0.717, 1.165) is 37.1 Å². The number of carbonyl (C=O) groups is 1. The Kier molecular flexibility index (Phi) is 6.42. The van der Waals surface area contributed by atoms with Gasteiger partial charge in [-0.15, -0.1) is 0 Å². The van der Waals surface area contributed by atoms with E-state index >= 15 is 0 Å². The van der Waals surface area contributed by atoms with Gasteiger partial charge in [0.1, 0.15) is 22.6 Å². The van der Waals surface area contributed by atoms with E-state index in [0.29, 0.717) is 45.7 Å². The maximum atomic E-state index is 13.2. The van der Waals surface area contributed by atoms with E-state index in [1.807, 2.05) is 26.0 Å². The second-order valence-electron chi connectivity index (χ2n) is 8.44. The maximum Gasteiger partial charge on any atom is 0.342 e. The van der Waals surface area contributed by atoms with Gasteiger partial charge in [0.25, 0.3) is 0 Å². The van der Waals surface area contributed by atoms with Gasteiger partial charge in [-0.3, -0.25) is 4.90 Å². The first-order valence-corrected chi connectivity index (χ1v) is 11.3. The zero-order valence-corrected chi connectivity index (χ0v) is 19.3. The van der Waals surface area contributed by atoms with Gasteiger partial charge in [-0.2, -0.15) is 0 Å². The molecule has 1 aliphatic rings. The number of aromatic hydroxyl groups is 1. The highest BCUT2D eigenvalue weighted by molar-refractivity contribution is 6.11. The molecule has 2 aromatic carbocycles. The van der Waals surface area contributed by atoms with Crippen LogP contribution in [0.5, 0.6) is 11.5 Å². The predicted octanol–water partition coefficient (Wildman–Crippen LogP) is 5.59. The summed E-state index contributed by atoms with van der Waals surface area (Å²) in [6.45, 7) is 8.55. The quantitative estimate of drug-likeness (QED) is 0.507. The van der Waals surface area contributed by atoms with Gasteiger partial charge in [0.15, 0.2) is 5.76 Å². The molecule has 1 aromatic heterocycles. The summed E-state index contributed by atoms with van der Waals surface area (Å²) in [7, 11) is 1.61. The number of esters is 1. The lowest BCUT2D eigenvalue weighted by Crippen LogP contribution is -2.29. The van der Waals surface area contributed by atoms with Crippen LogP contribution in [0, 0.1) is 13.8 Å². The number of piperidine rings is 1. The summed E-state index contributed by atoms with van der Waals surface area (Å²) in [5.41, 5.74) is 4.43. The molecule has 0 aliphatic carbocycles. The topological polar surface area (TPSA) is 72.1 Å². The number of hydrogen-bond acceptors (Lipinski definition) is 6. The highest BCUT2D eigenvalue weighted by Crippen LogP contribution is 2.43. The van der Waals surface area contributed by atoms with Crippen molar-refractivity contribution in [2.75, 3.05) is 26.8 Å². The van der Waals surface area contributed by atoms with Crippen LogP contribution in [0.25, 0.3) is 22.3 Å². The van der Waals surface area contributed by atoms with Gasteiger partial charge < -0.3 is 19.0 Å². The number of furan rings is 1. The number of aryl methyl sites for hydroxylation is 2. The molecule has 0 spiro atoms. The number of hydrogen-bond donors (Lipinski definition) is 1. The average Bonchev–Trinajstić information content (AvgIpc) is 3.18. The van der Waals surface area contributed by atoms with Crippen molar-refractivity contribution in [3.05, 3.63) is 46.5 Å². The minimum atomic E-state index is -0.466. The fourth-order valence-electron chi connectivity index (χ4n) is 4.47. The van der Waals surface area contributed by atoms with Crippen LogP contribution in [-0.4, -0.2) is 42.8 Å². The lowest BCUT2D eigenvalue weighted by atomic mass is 9.97. The number of likely N-dealkylation sites (tertiary alicyclic amines) is 1. The van der Waals surface area contributed by atoms with E-state index in [9.17, 15) is 9.90 Å². The Balaban J connectivity index is 1.97. The van der Waals surface area contributed by atoms with Crippen LogP contribution in [0.3, 0.4) is 0 Å². The van der Waals surface area contributed by atoms with Gasteiger partial charge in [-0.1, -0.05) is 6.42 Å². The molecule has 0 bridgehead atoms. The maximum absolute atomic E-state index is 13.2. The van der Waals surface area contributed by atoms with Gasteiger partial charge in [0.05, 0.1) is 19.3 Å². The van der Waals surface area contributed by atoms with Gasteiger partial charge in [0.2, 0.25) is 0 Å². The smallest absolute Gasteiger partial charge is 0.342 e. The number of phenols is 1. The Labute approximate surface area is 188 Å². The molecule has 170 valence electrons. The molecule has 1 N–H and O–H groups in total. The van der Waals surface area contributed by atoms with Crippen LogP contribution < -0.4 is 4.74 Å². The fourth-order valence-corrected chi connectivity index (χ4v) is 4.47. The number of carbonyl (C=O) groups excluding carboxylic acids is 1. The van der Waals surface area contributed by atoms with Gasteiger partial charge in [0, 0.05) is 17.5 Å². The van der Waals surface area contributed by atoms with Crippen molar-refractivity contribution in [3.63, 3.8) is 0 Å². The van der Waals surface area contributed by atoms with Crippen molar-refractivity contribution in [2.45, 2.75) is 46.6 Å². The number of benzene rings is 2. The zero-order chi connectivity index (χ0) is 22.8. The average molecular weight is 438 g/mol. The first kappa shape index (κ1) is 22.2. The van der Waals surface area contributed by atoms with Gasteiger partial charge in [-0.25, -0.2) is 4.79 Å². The summed E-state index contributed by atoms with van der Waals surface area (Å²) in [5, 5.41) is 11.4. The Morgan fingerprint density at radius 1 is 1.12 bits per heavy atom. The van der Waals surface area contributed by atoms with Crippen molar-refractivity contribution in [3.8, 4) is 22.8 Å². The first-order chi connectivity index (χ1) is 15.4. The largest absolute Gasteiger partial charge is 0.508 e. The Morgan fingerprint density at radius 3 is 2.53 bits per heavy atom. The van der Waals surface area contributed by atoms with Crippen LogP contribution in [-0.2, 0) is 11.3 Å². The minimum Gasteiger partial charge on any atom is -0.508 e. The Hall–Kier alpha value is -2.99. The molecule has 6 heteroatoms. The molecule has 6 nitrogen and oxygen atoms in total. The van der Waals surface area contributed by atoms with E-state index in [4.69, 9.17) is 13.9 Å². The third-order valence-electron chi connectivity index (χ3n) is 6.31. The van der Waals surface area contributed by atoms with Gasteiger partial charge >= 0.3 is 5.97 Å². The highest BCUT2D eigenvalue weighted by atomic mass is 16.5. The van der Waals surface area contributed by atoms with E-state index in [-0.39, 0.29) is 12.4 Å². The van der Waals surface area contributed by atoms with E-state index in [2.05, 4.69) is 4.90 Å². The third kappa shape index (κ3) is 4.07. The molecule has 3 aromatic rings. The number of fused-ring (bicyclic) bond motifs is 1. The summed E-state index contributed by atoms with van der Waals surface area (Å²) in [6.07, 6.45) is 3.50. The summed E-state index contributed by atoms with van der Waals surface area (Å²) in [4.78, 5) is 15.5. The normalized spacial score (nSPS) is 14.6. The SMILES string of the molecule is CCOC(=O)c1c(-c2cc(C)c(C)cc2OC)oc2ccc(O)c(CN3CCCCC3)c12. The fraction of sp³-hybridized carbons (Fsp3) is 0.423. The molecule has 0 unspecified atom stereocenters. The van der Waals surface area contributed by atoms with Crippen molar-refractivity contribution in [1.82, 2.24) is 4.90 Å². The number of methoxy groups -OCH3 is 1. The molecule has 1 aliphatic heterocycles. The van der Waals surface area contributed by atoms with Crippen molar-refractivity contribution >= 4 is 16.9 Å². The Bertz CT molecular complexity index is 1140. The minimum absolute atomic E-state index is 0.160. The van der Waals surface area contributed by atoms with E-state index in [1.54, 1.807) is 26.2 Å². The molecule has 2 heterocycles. The molecule has 4 rings (SSSR count). The molecule has 0 saturated carbocycles. The van der Waals surface area contributed by atoms with Gasteiger partial charge in [-0.05, 0) is 82.1 Å². The second kappa shape index (κ2) is 9.25. The lowest BCUT2D eigenvalue weighted by Gasteiger charge is -2.27. The van der Waals surface area contributed by atoms with E-state index < -0.39 is 5.97 Å². The second-order valence-corrected chi connectivity index (χ2v) is 8.44. The number of nitrogens with zero attached hydrogens (tertiary/aromatic N) is 1. The predicted molar refractivity (Wildman–Crippen MR) is 124 cm³/mol. The molecule has 32 heavy (non-hydrogen) atoms. The highest BCUT2D eigenvalue weighted by Gasteiger charge is 2.29. The van der Waals surface area contributed by atoms with Crippen LogP contribution in [0.4, 0.5) is 0 Å². The molecular weight excluding hydrogens is 406 g/mol. The number of phenolic OH excluding ortho intramolecular Hbond substituents is 1. The van der Waals surface area contributed by atoms with Crippen LogP contribution in [0.2, 0.25) is 0 Å². The number of ether oxygens (including phenoxy) is 2. The van der Waals surface area contributed by atoms with Crippen molar-refractivity contribution in [1.29, 1.82) is 0 Å². The molecular formula is C26H31NO5. The monoisotopic (exact) mass is 437 g/mol. The standard InChI is InChI=1S/C26H31NO5/c1-5-31-26(29)24-23-19(15-27-11-7-6-8-12-27)20(28)9-10-21(23)32-25(24)18-13-16(2)17(3)14-22(18)30-4/h9-10,13-14,28H,5-8,11-12,15H2,1-4H3. The van der Waals surface area contributed by atoms with Crippen LogP contribution in [0.15, 0.2) is 28.7 Å². The van der Waals surface area contributed by atoms with Crippen LogP contribution >= 0.6 is 0 Å².